The van der Waals surface area contributed by atoms with Crippen LogP contribution in [-0.2, 0) is 16.6 Å². The Labute approximate surface area is 118 Å². The number of aromatic amines is 1. The minimum Gasteiger partial charge on any atom is -0.306 e. The SMILES string of the molecule is Cn1c(=O)[nH]c2ccc(C=O)c(C3CCC(=O)NC3=O)c21. The van der Waals surface area contributed by atoms with E-state index in [4.69, 9.17) is 0 Å². The number of aromatic nitrogens is 2. The Morgan fingerprint density at radius 2 is 2.05 bits per heavy atom. The molecule has 0 spiro atoms. The lowest BCUT2D eigenvalue weighted by molar-refractivity contribution is -0.134. The molecular formula is C14H13N3O4. The number of nitrogens with one attached hydrogen (secondary N) is 2. The monoisotopic (exact) mass is 287 g/mol. The van der Waals surface area contributed by atoms with Gasteiger partial charge in [-0.15, -0.1) is 0 Å². The zero-order valence-electron chi connectivity index (χ0n) is 11.3. The van der Waals surface area contributed by atoms with Crippen molar-refractivity contribution in [1.82, 2.24) is 14.9 Å². The first kappa shape index (κ1) is 13.3. The number of imide groups is 1. The summed E-state index contributed by atoms with van der Waals surface area (Å²) in [6.45, 7) is 0. The number of aldehydes is 1. The summed E-state index contributed by atoms with van der Waals surface area (Å²) in [4.78, 5) is 49.1. The van der Waals surface area contributed by atoms with Crippen molar-refractivity contribution in [2.24, 2.45) is 7.05 Å². The highest BCUT2D eigenvalue weighted by Gasteiger charge is 2.32. The van der Waals surface area contributed by atoms with E-state index in [1.54, 1.807) is 19.2 Å². The first-order valence-corrected chi connectivity index (χ1v) is 6.53. The molecule has 108 valence electrons. The summed E-state index contributed by atoms with van der Waals surface area (Å²) in [5.41, 5.74) is 1.62. The molecule has 3 rings (SSSR count). The highest BCUT2D eigenvalue weighted by atomic mass is 16.2. The van der Waals surface area contributed by atoms with E-state index in [9.17, 15) is 19.2 Å². The molecule has 1 saturated heterocycles. The average Bonchev–Trinajstić information content (AvgIpc) is 2.74. The van der Waals surface area contributed by atoms with Crippen LogP contribution in [0.1, 0.15) is 34.7 Å². The second-order valence-corrected chi connectivity index (χ2v) is 5.08. The molecule has 1 aromatic carbocycles. The molecular weight excluding hydrogens is 274 g/mol. The van der Waals surface area contributed by atoms with Gasteiger partial charge in [0.15, 0.2) is 0 Å². The fraction of sp³-hybridized carbons (Fsp3) is 0.286. The average molecular weight is 287 g/mol. The van der Waals surface area contributed by atoms with Crippen LogP contribution >= 0.6 is 0 Å². The maximum Gasteiger partial charge on any atom is 0.326 e. The molecule has 1 unspecified atom stereocenters. The number of piperidine rings is 1. The van der Waals surface area contributed by atoms with Crippen molar-refractivity contribution in [2.75, 3.05) is 0 Å². The topological polar surface area (TPSA) is 101 Å². The Balaban J connectivity index is 2.29. The predicted molar refractivity (Wildman–Crippen MR) is 74.1 cm³/mol. The van der Waals surface area contributed by atoms with Gasteiger partial charge in [-0.3, -0.25) is 24.3 Å². The van der Waals surface area contributed by atoms with E-state index in [0.717, 1.165) is 0 Å². The maximum absolute atomic E-state index is 12.1. The number of imidazole rings is 1. The van der Waals surface area contributed by atoms with Crippen molar-refractivity contribution in [3.63, 3.8) is 0 Å². The van der Waals surface area contributed by atoms with Crippen molar-refractivity contribution >= 4 is 29.1 Å². The van der Waals surface area contributed by atoms with Crippen LogP contribution in [0.15, 0.2) is 16.9 Å². The molecule has 1 atom stereocenters. The zero-order chi connectivity index (χ0) is 15.1. The summed E-state index contributed by atoms with van der Waals surface area (Å²) in [5, 5.41) is 2.28. The van der Waals surface area contributed by atoms with Crippen LogP contribution in [0.5, 0.6) is 0 Å². The number of benzene rings is 1. The summed E-state index contributed by atoms with van der Waals surface area (Å²) in [5.74, 6) is -1.37. The molecule has 1 aromatic heterocycles. The van der Waals surface area contributed by atoms with Gasteiger partial charge in [0.2, 0.25) is 11.8 Å². The van der Waals surface area contributed by atoms with Gasteiger partial charge in [0.25, 0.3) is 0 Å². The van der Waals surface area contributed by atoms with E-state index in [0.29, 0.717) is 34.9 Å². The van der Waals surface area contributed by atoms with Gasteiger partial charge >= 0.3 is 5.69 Å². The van der Waals surface area contributed by atoms with Crippen LogP contribution in [0.4, 0.5) is 0 Å². The molecule has 0 bridgehead atoms. The van der Waals surface area contributed by atoms with Gasteiger partial charge in [0, 0.05) is 24.6 Å². The molecule has 2 aromatic rings. The third-order valence-corrected chi connectivity index (χ3v) is 3.85. The van der Waals surface area contributed by atoms with Gasteiger partial charge < -0.3 is 4.98 Å². The predicted octanol–water partition coefficient (Wildman–Crippen LogP) is 0.199. The summed E-state index contributed by atoms with van der Waals surface area (Å²) in [6.07, 6.45) is 1.20. The molecule has 1 aliphatic rings. The van der Waals surface area contributed by atoms with Crippen molar-refractivity contribution in [1.29, 1.82) is 0 Å². The quantitative estimate of drug-likeness (QED) is 0.608. The van der Waals surface area contributed by atoms with Crippen LogP contribution in [0.25, 0.3) is 11.0 Å². The molecule has 2 N–H and O–H groups in total. The van der Waals surface area contributed by atoms with E-state index < -0.39 is 11.8 Å². The minimum atomic E-state index is -0.618. The molecule has 2 heterocycles. The van der Waals surface area contributed by atoms with Gasteiger partial charge in [-0.1, -0.05) is 0 Å². The smallest absolute Gasteiger partial charge is 0.306 e. The van der Waals surface area contributed by atoms with Crippen molar-refractivity contribution in [3.05, 3.63) is 33.7 Å². The second kappa shape index (κ2) is 4.69. The highest BCUT2D eigenvalue weighted by Crippen LogP contribution is 2.32. The van der Waals surface area contributed by atoms with E-state index in [1.165, 1.54) is 4.57 Å². The lowest BCUT2D eigenvalue weighted by Gasteiger charge is -2.23. The van der Waals surface area contributed by atoms with Gasteiger partial charge in [0.1, 0.15) is 6.29 Å². The molecule has 1 fully saturated rings. The van der Waals surface area contributed by atoms with Crippen LogP contribution in [0, 0.1) is 0 Å². The fourth-order valence-corrected chi connectivity index (χ4v) is 2.82. The maximum atomic E-state index is 12.1. The third-order valence-electron chi connectivity index (χ3n) is 3.85. The van der Waals surface area contributed by atoms with E-state index in [1.807, 2.05) is 0 Å². The largest absolute Gasteiger partial charge is 0.326 e. The van der Waals surface area contributed by atoms with E-state index >= 15 is 0 Å². The minimum absolute atomic E-state index is 0.212. The molecule has 1 aliphatic heterocycles. The van der Waals surface area contributed by atoms with Crippen molar-refractivity contribution in [2.45, 2.75) is 18.8 Å². The number of nitrogens with zero attached hydrogens (tertiary/aromatic N) is 1. The standard InChI is InChI=1S/C14H13N3O4/c1-17-12-9(15-14(17)21)4-2-7(6-18)11(12)8-3-5-10(19)16-13(8)20/h2,4,6,8H,3,5H2,1H3,(H,15,21)(H,16,19,20). The summed E-state index contributed by atoms with van der Waals surface area (Å²) in [7, 11) is 1.57. The number of fused-ring (bicyclic) bond motifs is 1. The van der Waals surface area contributed by atoms with Crippen LogP contribution in [0.2, 0.25) is 0 Å². The fourth-order valence-electron chi connectivity index (χ4n) is 2.82. The first-order chi connectivity index (χ1) is 10.0. The highest BCUT2D eigenvalue weighted by molar-refractivity contribution is 6.04. The molecule has 21 heavy (non-hydrogen) atoms. The van der Waals surface area contributed by atoms with Crippen molar-refractivity contribution < 1.29 is 14.4 Å². The summed E-state index contributed by atoms with van der Waals surface area (Å²) in [6, 6.07) is 3.21. The van der Waals surface area contributed by atoms with Crippen LogP contribution in [-0.4, -0.2) is 27.7 Å². The number of carbonyl (C=O) groups is 3. The zero-order valence-corrected chi connectivity index (χ0v) is 11.3. The summed E-state index contributed by atoms with van der Waals surface area (Å²) < 4.78 is 1.38. The molecule has 7 heteroatoms. The Kier molecular flexibility index (Phi) is 2.97. The number of carbonyl (C=O) groups excluding carboxylic acids is 3. The molecule has 0 radical (unpaired) electrons. The van der Waals surface area contributed by atoms with Gasteiger partial charge in [0.05, 0.1) is 17.0 Å². The van der Waals surface area contributed by atoms with Gasteiger partial charge in [-0.05, 0) is 18.6 Å². The number of rotatable bonds is 2. The number of amides is 2. The van der Waals surface area contributed by atoms with Crippen LogP contribution < -0.4 is 11.0 Å². The normalized spacial score (nSPS) is 18.8. The van der Waals surface area contributed by atoms with Crippen molar-refractivity contribution in [3.8, 4) is 0 Å². The van der Waals surface area contributed by atoms with E-state index in [2.05, 4.69) is 10.3 Å². The lowest BCUT2D eigenvalue weighted by Crippen LogP contribution is -2.40. The number of hydrogen-bond donors (Lipinski definition) is 2. The van der Waals surface area contributed by atoms with Gasteiger partial charge in [-0.25, -0.2) is 4.79 Å². The summed E-state index contributed by atoms with van der Waals surface area (Å²) >= 11 is 0. The lowest BCUT2D eigenvalue weighted by atomic mass is 9.86. The molecule has 7 nitrogen and oxygen atoms in total. The third kappa shape index (κ3) is 1.97. The molecule has 0 aliphatic carbocycles. The Morgan fingerprint density at radius 1 is 1.29 bits per heavy atom. The second-order valence-electron chi connectivity index (χ2n) is 5.08. The first-order valence-electron chi connectivity index (χ1n) is 6.53. The number of hydrogen-bond acceptors (Lipinski definition) is 4. The molecule has 0 saturated carbocycles. The van der Waals surface area contributed by atoms with Gasteiger partial charge in [-0.2, -0.15) is 0 Å². The van der Waals surface area contributed by atoms with E-state index in [-0.39, 0.29) is 18.0 Å². The number of H-pyrrole nitrogens is 1. The Morgan fingerprint density at radius 3 is 2.71 bits per heavy atom. The Bertz CT molecular complexity index is 831. The van der Waals surface area contributed by atoms with Crippen LogP contribution in [0.3, 0.4) is 0 Å². The number of aryl methyl sites for hydroxylation is 1. The Hall–Kier alpha value is -2.70. The molecule has 2 amide bonds.